The number of nitrogens with zero attached hydrogens (tertiary/aromatic N) is 3. The standard InChI is InChI=1S/C31H33BrClN3O3/c1-18(2)22-15-23(19(3)12-27(22)38-7)29-35-26-11-9-8-10-21(26)30(37)36(29)34-16-20-13-24(32)28(25(33)14-20)39-17-31(4,5)6/h8-16,18H,17H2,1-7H3. The summed E-state index contributed by atoms with van der Waals surface area (Å²) in [4.78, 5) is 18.6. The number of ether oxygens (including phenoxy) is 2. The van der Waals surface area contributed by atoms with Crippen LogP contribution in [-0.4, -0.2) is 29.6 Å². The molecule has 0 spiro atoms. The van der Waals surface area contributed by atoms with E-state index in [1.807, 2.05) is 43.3 Å². The molecule has 0 aliphatic rings. The number of halogens is 2. The maximum absolute atomic E-state index is 13.7. The Bertz CT molecular complexity index is 1600. The van der Waals surface area contributed by atoms with Gasteiger partial charge in [-0.2, -0.15) is 9.78 Å². The van der Waals surface area contributed by atoms with Crippen molar-refractivity contribution in [2.75, 3.05) is 13.7 Å². The van der Waals surface area contributed by atoms with Crippen LogP contribution in [0.25, 0.3) is 22.3 Å². The van der Waals surface area contributed by atoms with Gasteiger partial charge in [0.15, 0.2) is 11.6 Å². The zero-order valence-corrected chi connectivity index (χ0v) is 25.6. The van der Waals surface area contributed by atoms with Crippen LogP contribution in [0.15, 0.2) is 62.9 Å². The van der Waals surface area contributed by atoms with Gasteiger partial charge in [0.25, 0.3) is 5.56 Å². The number of methoxy groups -OCH3 is 1. The van der Waals surface area contributed by atoms with Crippen molar-refractivity contribution in [1.82, 2.24) is 9.66 Å². The van der Waals surface area contributed by atoms with Crippen molar-refractivity contribution in [3.63, 3.8) is 0 Å². The van der Waals surface area contributed by atoms with E-state index < -0.39 is 0 Å². The zero-order chi connectivity index (χ0) is 28.5. The fourth-order valence-corrected chi connectivity index (χ4v) is 5.17. The lowest BCUT2D eigenvalue weighted by atomic mass is 9.96. The van der Waals surface area contributed by atoms with Gasteiger partial charge in [-0.05, 0) is 87.3 Å². The summed E-state index contributed by atoms with van der Waals surface area (Å²) < 4.78 is 13.6. The van der Waals surface area contributed by atoms with Gasteiger partial charge in [0.1, 0.15) is 5.75 Å². The summed E-state index contributed by atoms with van der Waals surface area (Å²) in [6.45, 7) is 13.0. The third-order valence-electron chi connectivity index (χ3n) is 6.19. The van der Waals surface area contributed by atoms with Crippen molar-refractivity contribution < 1.29 is 9.47 Å². The second-order valence-corrected chi connectivity index (χ2v) is 12.3. The molecule has 4 aromatic rings. The molecule has 0 radical (unpaired) electrons. The van der Waals surface area contributed by atoms with Crippen LogP contribution in [0.5, 0.6) is 11.5 Å². The third-order valence-corrected chi connectivity index (χ3v) is 7.06. The largest absolute Gasteiger partial charge is 0.496 e. The first kappa shape index (κ1) is 28.8. The monoisotopic (exact) mass is 609 g/mol. The Kier molecular flexibility index (Phi) is 8.52. The van der Waals surface area contributed by atoms with Gasteiger partial charge >= 0.3 is 0 Å². The van der Waals surface area contributed by atoms with E-state index in [0.29, 0.717) is 44.1 Å². The van der Waals surface area contributed by atoms with Crippen molar-refractivity contribution in [2.24, 2.45) is 10.5 Å². The van der Waals surface area contributed by atoms with Crippen LogP contribution in [0.4, 0.5) is 0 Å². The molecule has 0 bridgehead atoms. The van der Waals surface area contributed by atoms with Gasteiger partial charge in [-0.1, -0.05) is 58.4 Å². The first-order valence-corrected chi connectivity index (χ1v) is 13.9. The van der Waals surface area contributed by atoms with E-state index in [0.717, 1.165) is 22.4 Å². The molecule has 39 heavy (non-hydrogen) atoms. The molecule has 0 atom stereocenters. The zero-order valence-electron chi connectivity index (χ0n) is 23.3. The molecule has 0 unspecified atom stereocenters. The highest BCUT2D eigenvalue weighted by molar-refractivity contribution is 9.10. The van der Waals surface area contributed by atoms with Crippen molar-refractivity contribution in [3.05, 3.63) is 85.1 Å². The van der Waals surface area contributed by atoms with Gasteiger partial charge in [-0.25, -0.2) is 4.98 Å². The lowest BCUT2D eigenvalue weighted by Crippen LogP contribution is -2.21. The maximum Gasteiger partial charge on any atom is 0.282 e. The molecule has 204 valence electrons. The predicted molar refractivity (Wildman–Crippen MR) is 164 cm³/mol. The fourth-order valence-electron chi connectivity index (χ4n) is 4.18. The van der Waals surface area contributed by atoms with E-state index in [1.165, 1.54) is 4.68 Å². The second-order valence-electron chi connectivity index (χ2n) is 11.0. The molecule has 4 rings (SSSR count). The van der Waals surface area contributed by atoms with Crippen molar-refractivity contribution in [1.29, 1.82) is 0 Å². The minimum Gasteiger partial charge on any atom is -0.496 e. The average molecular weight is 611 g/mol. The molecular weight excluding hydrogens is 578 g/mol. The van der Waals surface area contributed by atoms with Crippen molar-refractivity contribution in [2.45, 2.75) is 47.5 Å². The number of hydrogen-bond donors (Lipinski definition) is 0. The van der Waals surface area contributed by atoms with E-state index in [4.69, 9.17) is 26.1 Å². The minimum absolute atomic E-state index is 0.0153. The number of hydrogen-bond acceptors (Lipinski definition) is 5. The highest BCUT2D eigenvalue weighted by Gasteiger charge is 2.19. The summed E-state index contributed by atoms with van der Waals surface area (Å²) in [6, 6.07) is 14.9. The maximum atomic E-state index is 13.7. The van der Waals surface area contributed by atoms with Gasteiger partial charge in [-0.3, -0.25) is 4.79 Å². The molecule has 0 N–H and O–H groups in total. The summed E-state index contributed by atoms with van der Waals surface area (Å²) in [5.41, 5.74) is 3.80. The number of aryl methyl sites for hydroxylation is 1. The van der Waals surface area contributed by atoms with Crippen LogP contribution in [-0.2, 0) is 0 Å². The molecule has 0 amide bonds. The smallest absolute Gasteiger partial charge is 0.282 e. The van der Waals surface area contributed by atoms with Crippen LogP contribution < -0.4 is 15.0 Å². The van der Waals surface area contributed by atoms with Crippen molar-refractivity contribution in [3.8, 4) is 22.9 Å². The molecule has 6 nitrogen and oxygen atoms in total. The number of fused-ring (bicyclic) bond motifs is 1. The Labute approximate surface area is 242 Å². The topological polar surface area (TPSA) is 65.7 Å². The van der Waals surface area contributed by atoms with Crippen LogP contribution in [0.3, 0.4) is 0 Å². The predicted octanol–water partition coefficient (Wildman–Crippen LogP) is 8.23. The first-order valence-electron chi connectivity index (χ1n) is 12.8. The lowest BCUT2D eigenvalue weighted by molar-refractivity contribution is 0.197. The molecule has 0 saturated heterocycles. The van der Waals surface area contributed by atoms with Crippen LogP contribution in [0, 0.1) is 12.3 Å². The highest BCUT2D eigenvalue weighted by Crippen LogP contribution is 2.36. The molecule has 0 aliphatic heterocycles. The minimum atomic E-state index is -0.261. The fraction of sp³-hybridized carbons (Fsp3) is 0.323. The Morgan fingerprint density at radius 3 is 2.51 bits per heavy atom. The second kappa shape index (κ2) is 11.5. The number of aromatic nitrogens is 2. The third kappa shape index (κ3) is 6.36. The van der Waals surface area contributed by atoms with Gasteiger partial charge in [0.2, 0.25) is 0 Å². The molecule has 1 aromatic heterocycles. The summed E-state index contributed by atoms with van der Waals surface area (Å²) in [5.74, 6) is 2.04. The SMILES string of the molecule is COc1cc(C)c(-c2nc3ccccc3c(=O)n2N=Cc2cc(Cl)c(OCC(C)(C)C)c(Br)c2)cc1C(C)C. The van der Waals surface area contributed by atoms with Gasteiger partial charge in [-0.15, -0.1) is 0 Å². The van der Waals surface area contributed by atoms with Crippen LogP contribution in [0.1, 0.15) is 57.2 Å². The summed E-state index contributed by atoms with van der Waals surface area (Å²) in [7, 11) is 1.66. The lowest BCUT2D eigenvalue weighted by Gasteiger charge is -2.20. The van der Waals surface area contributed by atoms with Gasteiger partial charge in [0, 0.05) is 5.56 Å². The van der Waals surface area contributed by atoms with E-state index in [1.54, 1.807) is 25.5 Å². The molecule has 0 saturated carbocycles. The molecule has 8 heteroatoms. The van der Waals surface area contributed by atoms with E-state index in [2.05, 4.69) is 55.7 Å². The van der Waals surface area contributed by atoms with E-state index in [9.17, 15) is 4.79 Å². The van der Waals surface area contributed by atoms with E-state index in [-0.39, 0.29) is 16.9 Å². The summed E-state index contributed by atoms with van der Waals surface area (Å²) in [6.07, 6.45) is 1.60. The Morgan fingerprint density at radius 1 is 1.15 bits per heavy atom. The highest BCUT2D eigenvalue weighted by atomic mass is 79.9. The average Bonchev–Trinajstić information content (AvgIpc) is 2.86. The molecule has 3 aromatic carbocycles. The Morgan fingerprint density at radius 2 is 1.87 bits per heavy atom. The van der Waals surface area contributed by atoms with Gasteiger partial charge in [0.05, 0.1) is 40.3 Å². The summed E-state index contributed by atoms with van der Waals surface area (Å²) in [5, 5.41) is 5.56. The van der Waals surface area contributed by atoms with Crippen LogP contribution in [0.2, 0.25) is 5.02 Å². The normalized spacial score (nSPS) is 12.1. The molecule has 0 aliphatic carbocycles. The Hall–Kier alpha value is -3.16. The summed E-state index contributed by atoms with van der Waals surface area (Å²) >= 11 is 10.1. The van der Waals surface area contributed by atoms with E-state index >= 15 is 0 Å². The number of para-hydroxylation sites is 1. The number of rotatable bonds is 7. The Balaban J connectivity index is 1.86. The van der Waals surface area contributed by atoms with Crippen LogP contribution >= 0.6 is 27.5 Å². The van der Waals surface area contributed by atoms with Crippen molar-refractivity contribution >= 4 is 44.6 Å². The molecule has 0 fully saturated rings. The van der Waals surface area contributed by atoms with Gasteiger partial charge < -0.3 is 9.47 Å². The molecule has 1 heterocycles. The quantitative estimate of drug-likeness (QED) is 0.198. The number of benzene rings is 3. The molecular formula is C31H33BrClN3O3. The first-order chi connectivity index (χ1) is 18.4.